The summed E-state index contributed by atoms with van der Waals surface area (Å²) in [6.07, 6.45) is 1.16. The summed E-state index contributed by atoms with van der Waals surface area (Å²) in [5, 5.41) is 19.2. The number of carboxylic acids is 1. The molecule has 0 saturated heterocycles. The minimum Gasteiger partial charge on any atom is -0.491 e. The second kappa shape index (κ2) is 11.1. The molecule has 0 saturated carbocycles. The van der Waals surface area contributed by atoms with E-state index >= 15 is 0 Å². The number of thiophene rings is 1. The minimum absolute atomic E-state index is 0.235. The van der Waals surface area contributed by atoms with E-state index in [0.29, 0.717) is 4.21 Å². The normalized spacial score (nSPS) is 14.2. The smallest absolute Gasteiger partial charge is 0.318 e. The fourth-order valence-corrected chi connectivity index (χ4v) is 6.50. The highest BCUT2D eigenvalue weighted by molar-refractivity contribution is 7.85. The number of rotatable bonds is 11. The van der Waals surface area contributed by atoms with E-state index in [1.807, 2.05) is 40.7 Å². The highest BCUT2D eigenvalue weighted by Crippen LogP contribution is 2.44. The summed E-state index contributed by atoms with van der Waals surface area (Å²) in [6, 6.07) is 8.26. The van der Waals surface area contributed by atoms with E-state index in [4.69, 9.17) is 9.84 Å². The average molecular weight is 496 g/mol. The second-order valence-electron chi connectivity index (χ2n) is 9.53. The van der Waals surface area contributed by atoms with Gasteiger partial charge < -0.3 is 14.9 Å². The lowest BCUT2D eigenvalue weighted by Gasteiger charge is -2.32. The molecule has 6 nitrogen and oxygen atoms in total. The van der Waals surface area contributed by atoms with Crippen molar-refractivity contribution in [2.75, 3.05) is 13.2 Å². The third kappa shape index (κ3) is 6.44. The van der Waals surface area contributed by atoms with Gasteiger partial charge >= 0.3 is 5.97 Å². The Morgan fingerprint density at radius 1 is 1.15 bits per heavy atom. The van der Waals surface area contributed by atoms with Crippen LogP contribution in [0, 0.1) is 19.3 Å². The minimum atomic E-state index is -1.57. The number of aliphatic hydroxyl groups is 1. The summed E-state index contributed by atoms with van der Waals surface area (Å²) in [7, 11) is -1.57. The first-order chi connectivity index (χ1) is 15.4. The van der Waals surface area contributed by atoms with Crippen LogP contribution in [0.4, 0.5) is 0 Å². The van der Waals surface area contributed by atoms with Gasteiger partial charge in [0.2, 0.25) is 0 Å². The number of aliphatic carboxylic acids is 1. The van der Waals surface area contributed by atoms with Gasteiger partial charge in [-0.25, -0.2) is 8.93 Å². The zero-order valence-electron chi connectivity index (χ0n) is 20.7. The summed E-state index contributed by atoms with van der Waals surface area (Å²) >= 11 is 1.48. The zero-order valence-corrected chi connectivity index (χ0v) is 22.3. The van der Waals surface area contributed by atoms with Gasteiger partial charge in [-0.15, -0.1) is 11.3 Å². The molecule has 1 heterocycles. The zero-order chi connectivity index (χ0) is 25.0. The number of nitrogens with one attached hydrogen (secondary N) is 1. The molecule has 1 aromatic heterocycles. The van der Waals surface area contributed by atoms with Gasteiger partial charge in [-0.3, -0.25) is 4.79 Å². The maximum atomic E-state index is 12.6. The molecule has 2 unspecified atom stereocenters. The Bertz CT molecular complexity index is 989. The molecule has 1 aromatic carbocycles. The number of aryl methyl sites for hydroxylation is 2. The number of hydrogen-bond acceptors (Lipinski definition) is 5. The molecule has 0 spiro atoms. The predicted octanol–water partition coefficient (Wildman–Crippen LogP) is 4.95. The largest absolute Gasteiger partial charge is 0.491 e. The number of ether oxygens (including phenoxy) is 1. The molecule has 8 heteroatoms. The van der Waals surface area contributed by atoms with Crippen LogP contribution in [0.5, 0.6) is 5.75 Å². The predicted molar refractivity (Wildman–Crippen MR) is 135 cm³/mol. The lowest BCUT2D eigenvalue weighted by Crippen LogP contribution is -2.32. The van der Waals surface area contributed by atoms with Gasteiger partial charge in [0.25, 0.3) is 0 Å². The molecule has 0 amide bonds. The van der Waals surface area contributed by atoms with Crippen molar-refractivity contribution in [3.63, 3.8) is 0 Å². The van der Waals surface area contributed by atoms with Crippen molar-refractivity contribution >= 4 is 28.3 Å². The Morgan fingerprint density at radius 3 is 2.30 bits per heavy atom. The molecule has 2 aromatic rings. The van der Waals surface area contributed by atoms with Gasteiger partial charge in [0.15, 0.2) is 0 Å². The Hall–Kier alpha value is -1.74. The van der Waals surface area contributed by atoms with Crippen LogP contribution >= 0.6 is 11.3 Å². The van der Waals surface area contributed by atoms with Gasteiger partial charge in [-0.1, -0.05) is 46.8 Å². The molecule has 0 aliphatic rings. The van der Waals surface area contributed by atoms with E-state index in [0.717, 1.165) is 40.2 Å². The van der Waals surface area contributed by atoms with E-state index in [1.54, 1.807) is 0 Å². The molecule has 184 valence electrons. The van der Waals surface area contributed by atoms with E-state index < -0.39 is 23.1 Å². The summed E-state index contributed by atoms with van der Waals surface area (Å²) in [5.74, 6) is -0.285. The SMILES string of the molecule is CCC(CC)(c1ccc(OCC(O)C(C)(C)C)c(C)c1)c1cc(C)c(S(=O)NCC(=O)O)s1. The van der Waals surface area contributed by atoms with Crippen molar-refractivity contribution in [2.45, 2.75) is 77.0 Å². The Morgan fingerprint density at radius 2 is 1.79 bits per heavy atom. The monoisotopic (exact) mass is 495 g/mol. The van der Waals surface area contributed by atoms with Crippen molar-refractivity contribution in [1.82, 2.24) is 4.72 Å². The maximum Gasteiger partial charge on any atom is 0.318 e. The molecule has 0 aliphatic carbocycles. The van der Waals surface area contributed by atoms with Crippen LogP contribution in [0.3, 0.4) is 0 Å². The van der Waals surface area contributed by atoms with Crippen molar-refractivity contribution in [3.8, 4) is 5.75 Å². The van der Waals surface area contributed by atoms with Crippen LogP contribution in [0.25, 0.3) is 0 Å². The van der Waals surface area contributed by atoms with Crippen LogP contribution in [0.15, 0.2) is 28.5 Å². The molecular weight excluding hydrogens is 458 g/mol. The maximum absolute atomic E-state index is 12.6. The Labute approximate surface area is 204 Å². The van der Waals surface area contributed by atoms with Crippen molar-refractivity contribution in [3.05, 3.63) is 45.8 Å². The topological polar surface area (TPSA) is 95.9 Å². The van der Waals surface area contributed by atoms with Crippen LogP contribution < -0.4 is 9.46 Å². The molecule has 2 rings (SSSR count). The number of carbonyl (C=O) groups is 1. The molecule has 0 fully saturated rings. The lowest BCUT2D eigenvalue weighted by atomic mass is 9.74. The summed E-state index contributed by atoms with van der Waals surface area (Å²) in [5.41, 5.74) is 2.55. The van der Waals surface area contributed by atoms with Gasteiger partial charge in [0.05, 0.1) is 6.10 Å². The van der Waals surface area contributed by atoms with Gasteiger partial charge in [0.1, 0.15) is 34.1 Å². The van der Waals surface area contributed by atoms with Gasteiger partial charge in [0, 0.05) is 10.3 Å². The Kier molecular flexibility index (Phi) is 9.27. The molecule has 2 atom stereocenters. The quantitative estimate of drug-likeness (QED) is 0.410. The van der Waals surface area contributed by atoms with Crippen LogP contribution in [-0.4, -0.2) is 39.6 Å². The molecular formula is C25H37NO5S2. The lowest BCUT2D eigenvalue weighted by molar-refractivity contribution is -0.135. The van der Waals surface area contributed by atoms with Crippen LogP contribution in [0.2, 0.25) is 0 Å². The first-order valence-corrected chi connectivity index (χ1v) is 13.2. The fourth-order valence-electron chi connectivity index (χ4n) is 3.75. The van der Waals surface area contributed by atoms with Gasteiger partial charge in [-0.2, -0.15) is 0 Å². The Balaban J connectivity index is 2.36. The molecule has 3 N–H and O–H groups in total. The summed E-state index contributed by atoms with van der Waals surface area (Å²) in [6.45, 7) is 14.0. The van der Waals surface area contributed by atoms with E-state index in [-0.39, 0.29) is 24.0 Å². The molecule has 0 bridgehead atoms. The molecule has 0 aliphatic heterocycles. The number of carboxylic acid groups (broad SMARTS) is 1. The number of aliphatic hydroxyl groups excluding tert-OH is 1. The first-order valence-electron chi connectivity index (χ1n) is 11.3. The first kappa shape index (κ1) is 27.5. The van der Waals surface area contributed by atoms with Crippen LogP contribution in [0.1, 0.15) is 69.0 Å². The van der Waals surface area contributed by atoms with Gasteiger partial charge in [-0.05, 0) is 60.9 Å². The summed E-state index contributed by atoms with van der Waals surface area (Å²) in [4.78, 5) is 11.9. The molecule has 0 radical (unpaired) electrons. The average Bonchev–Trinajstić information content (AvgIpc) is 3.13. The van der Waals surface area contributed by atoms with Crippen molar-refractivity contribution in [2.24, 2.45) is 5.41 Å². The second-order valence-corrected chi connectivity index (χ2v) is 12.1. The van der Waals surface area contributed by atoms with E-state index in [1.165, 1.54) is 11.3 Å². The third-order valence-electron chi connectivity index (χ3n) is 6.20. The van der Waals surface area contributed by atoms with Crippen LogP contribution in [-0.2, 0) is 21.2 Å². The van der Waals surface area contributed by atoms with Crippen molar-refractivity contribution in [1.29, 1.82) is 0 Å². The number of benzene rings is 1. The fraction of sp³-hybridized carbons (Fsp3) is 0.560. The van der Waals surface area contributed by atoms with Crippen molar-refractivity contribution < 1.29 is 24.0 Å². The van der Waals surface area contributed by atoms with E-state index in [9.17, 15) is 14.1 Å². The summed E-state index contributed by atoms with van der Waals surface area (Å²) < 4.78 is 21.8. The standard InChI is InChI=1S/C25H37NO5S2/c1-8-25(9-2,21-13-17(4)23(32-21)33(30)26-14-22(28)29)18-10-11-19(16(3)12-18)31-15-20(27)24(5,6)7/h10-13,20,26-27H,8-9,14-15H2,1-7H3,(H,28,29). The highest BCUT2D eigenvalue weighted by atomic mass is 32.2. The van der Waals surface area contributed by atoms with E-state index in [2.05, 4.69) is 36.8 Å². The third-order valence-corrected chi connectivity index (χ3v) is 9.20. The highest BCUT2D eigenvalue weighted by Gasteiger charge is 2.34. The molecule has 33 heavy (non-hydrogen) atoms. The number of hydrogen-bond donors (Lipinski definition) is 3.